The lowest BCUT2D eigenvalue weighted by molar-refractivity contribution is 0.0922. The summed E-state index contributed by atoms with van der Waals surface area (Å²) in [7, 11) is 0. The zero-order valence-corrected chi connectivity index (χ0v) is 15.1. The van der Waals surface area contributed by atoms with E-state index < -0.39 is 0 Å². The van der Waals surface area contributed by atoms with Crippen LogP contribution in [0.2, 0.25) is 0 Å². The van der Waals surface area contributed by atoms with Crippen LogP contribution in [0.1, 0.15) is 42.6 Å². The van der Waals surface area contributed by atoms with E-state index in [0.717, 1.165) is 48.7 Å². The van der Waals surface area contributed by atoms with Crippen molar-refractivity contribution in [2.24, 2.45) is 5.92 Å². The Morgan fingerprint density at radius 1 is 1.26 bits per heavy atom. The number of nitrogens with zero attached hydrogens (tertiary/aromatic N) is 1. The molecule has 1 amide bonds. The highest BCUT2D eigenvalue weighted by molar-refractivity contribution is 7.80. The third-order valence-corrected chi connectivity index (χ3v) is 4.50. The number of carbonyl (C=O) groups is 1. The van der Waals surface area contributed by atoms with Crippen LogP contribution >= 0.6 is 12.2 Å². The second-order valence-corrected chi connectivity index (χ2v) is 7.07. The summed E-state index contributed by atoms with van der Waals surface area (Å²) in [6.07, 6.45) is 1.86. The first-order valence-corrected chi connectivity index (χ1v) is 8.77. The van der Waals surface area contributed by atoms with Gasteiger partial charge in [0.25, 0.3) is 5.91 Å². The number of aryl methyl sites for hydroxylation is 1. The molecule has 1 aromatic rings. The van der Waals surface area contributed by atoms with Gasteiger partial charge >= 0.3 is 0 Å². The van der Waals surface area contributed by atoms with Gasteiger partial charge in [0.1, 0.15) is 0 Å². The average Bonchev–Trinajstić information content (AvgIpc) is 2.54. The minimum Gasteiger partial charge on any atom is -0.362 e. The molecule has 1 aliphatic heterocycles. The Labute approximate surface area is 144 Å². The van der Waals surface area contributed by atoms with Crippen LogP contribution in [0.15, 0.2) is 24.3 Å². The highest BCUT2D eigenvalue weighted by Gasteiger charge is 2.22. The molecule has 1 heterocycles. The molecule has 1 aliphatic rings. The summed E-state index contributed by atoms with van der Waals surface area (Å²) in [5.41, 5.74) is 1.89. The van der Waals surface area contributed by atoms with Gasteiger partial charge in [-0.15, -0.1) is 0 Å². The second-order valence-electron chi connectivity index (χ2n) is 6.68. The van der Waals surface area contributed by atoms with Crippen LogP contribution in [0.4, 0.5) is 0 Å². The highest BCUT2D eigenvalue weighted by Crippen LogP contribution is 2.12. The second kappa shape index (κ2) is 8.29. The molecule has 0 saturated carbocycles. The normalized spacial score (nSPS) is 15.6. The number of hydrogen-bond acceptors (Lipinski definition) is 2. The van der Waals surface area contributed by atoms with Gasteiger partial charge in [-0.3, -0.25) is 4.79 Å². The van der Waals surface area contributed by atoms with Gasteiger partial charge in [-0.2, -0.15) is 0 Å². The van der Waals surface area contributed by atoms with Crippen LogP contribution in [0.5, 0.6) is 0 Å². The van der Waals surface area contributed by atoms with Gasteiger partial charge in [-0.25, -0.2) is 0 Å². The first kappa shape index (κ1) is 17.7. The van der Waals surface area contributed by atoms with Crippen LogP contribution in [-0.4, -0.2) is 41.6 Å². The summed E-state index contributed by atoms with van der Waals surface area (Å²) in [6, 6.07) is 7.93. The molecule has 4 nitrogen and oxygen atoms in total. The van der Waals surface area contributed by atoms with Crippen molar-refractivity contribution in [3.05, 3.63) is 35.4 Å². The van der Waals surface area contributed by atoms with E-state index >= 15 is 0 Å². The number of likely N-dealkylation sites (tertiary alicyclic amines) is 1. The summed E-state index contributed by atoms with van der Waals surface area (Å²) in [5, 5.41) is 7.28. The van der Waals surface area contributed by atoms with E-state index in [-0.39, 0.29) is 11.9 Å². The molecule has 0 aliphatic carbocycles. The van der Waals surface area contributed by atoms with Crippen molar-refractivity contribution >= 4 is 23.2 Å². The molecule has 2 N–H and O–H groups in total. The fourth-order valence-electron chi connectivity index (χ4n) is 2.60. The molecule has 0 atom stereocenters. The number of thiocarbonyl (C=S) groups is 1. The SMILES string of the molecule is Cc1ccc(C(=O)NC2CCN(C(=S)NCC(C)C)CC2)cc1. The van der Waals surface area contributed by atoms with Gasteiger partial charge in [-0.1, -0.05) is 31.5 Å². The lowest BCUT2D eigenvalue weighted by atomic mass is 10.0. The number of carbonyl (C=O) groups excluding carboxylic acids is 1. The smallest absolute Gasteiger partial charge is 0.251 e. The fourth-order valence-corrected chi connectivity index (χ4v) is 2.87. The zero-order valence-electron chi connectivity index (χ0n) is 14.3. The summed E-state index contributed by atoms with van der Waals surface area (Å²) in [5.74, 6) is 0.600. The molecule has 0 spiro atoms. The lowest BCUT2D eigenvalue weighted by Crippen LogP contribution is -2.49. The van der Waals surface area contributed by atoms with Crippen molar-refractivity contribution in [3.8, 4) is 0 Å². The first-order valence-electron chi connectivity index (χ1n) is 8.36. The quantitative estimate of drug-likeness (QED) is 0.832. The van der Waals surface area contributed by atoms with Gasteiger partial charge < -0.3 is 15.5 Å². The van der Waals surface area contributed by atoms with E-state index in [4.69, 9.17) is 12.2 Å². The molecule has 0 bridgehead atoms. The Balaban J connectivity index is 1.77. The largest absolute Gasteiger partial charge is 0.362 e. The highest BCUT2D eigenvalue weighted by atomic mass is 32.1. The molecular weight excluding hydrogens is 306 g/mol. The Bertz CT molecular complexity index is 534. The predicted octanol–water partition coefficient (Wildman–Crippen LogP) is 2.72. The fraction of sp³-hybridized carbons (Fsp3) is 0.556. The van der Waals surface area contributed by atoms with Crippen LogP contribution in [0.3, 0.4) is 0 Å². The standard InChI is InChI=1S/C18H27N3OS/c1-13(2)12-19-18(23)21-10-8-16(9-11-21)20-17(22)15-6-4-14(3)5-7-15/h4-7,13,16H,8-12H2,1-3H3,(H,19,23)(H,20,22). The number of rotatable bonds is 4. The van der Waals surface area contributed by atoms with Crippen molar-refractivity contribution in [3.63, 3.8) is 0 Å². The molecule has 1 fully saturated rings. The van der Waals surface area contributed by atoms with Crippen LogP contribution in [-0.2, 0) is 0 Å². The van der Waals surface area contributed by atoms with Crippen LogP contribution in [0.25, 0.3) is 0 Å². The molecule has 2 rings (SSSR count). The predicted molar refractivity (Wildman–Crippen MR) is 98.7 cm³/mol. The third kappa shape index (κ3) is 5.50. The van der Waals surface area contributed by atoms with Crippen LogP contribution < -0.4 is 10.6 Å². The Morgan fingerprint density at radius 2 is 1.87 bits per heavy atom. The van der Waals surface area contributed by atoms with Gasteiger partial charge in [0.15, 0.2) is 5.11 Å². The van der Waals surface area contributed by atoms with E-state index in [0.29, 0.717) is 5.92 Å². The van der Waals surface area contributed by atoms with E-state index in [9.17, 15) is 4.79 Å². The Kier molecular flexibility index (Phi) is 6.39. The van der Waals surface area contributed by atoms with Gasteiger partial charge in [0.2, 0.25) is 0 Å². The number of nitrogens with one attached hydrogen (secondary N) is 2. The van der Waals surface area contributed by atoms with E-state index in [1.165, 1.54) is 0 Å². The zero-order chi connectivity index (χ0) is 16.8. The number of hydrogen-bond donors (Lipinski definition) is 2. The molecule has 0 unspecified atom stereocenters. The van der Waals surface area contributed by atoms with Crippen molar-refractivity contribution in [1.29, 1.82) is 0 Å². The van der Waals surface area contributed by atoms with Gasteiger partial charge in [-0.05, 0) is 50.0 Å². The minimum absolute atomic E-state index is 0.0176. The summed E-state index contributed by atoms with van der Waals surface area (Å²) in [6.45, 7) is 9.05. The number of piperidine rings is 1. The topological polar surface area (TPSA) is 44.4 Å². The molecule has 126 valence electrons. The van der Waals surface area contributed by atoms with Crippen molar-refractivity contribution < 1.29 is 4.79 Å². The number of amides is 1. The monoisotopic (exact) mass is 333 g/mol. The first-order chi connectivity index (χ1) is 11.0. The molecular formula is C18H27N3OS. The van der Waals surface area contributed by atoms with Crippen molar-refractivity contribution in [2.45, 2.75) is 39.7 Å². The maximum Gasteiger partial charge on any atom is 0.251 e. The summed E-state index contributed by atoms with van der Waals surface area (Å²) in [4.78, 5) is 14.5. The Morgan fingerprint density at radius 3 is 2.43 bits per heavy atom. The Hall–Kier alpha value is -1.62. The lowest BCUT2D eigenvalue weighted by Gasteiger charge is -2.34. The molecule has 5 heteroatoms. The van der Waals surface area contributed by atoms with E-state index in [2.05, 4.69) is 29.4 Å². The minimum atomic E-state index is 0.0176. The maximum atomic E-state index is 12.3. The molecule has 23 heavy (non-hydrogen) atoms. The maximum absolute atomic E-state index is 12.3. The van der Waals surface area contributed by atoms with Gasteiger partial charge in [0.05, 0.1) is 0 Å². The van der Waals surface area contributed by atoms with Crippen molar-refractivity contribution in [1.82, 2.24) is 15.5 Å². The summed E-state index contributed by atoms with van der Waals surface area (Å²) < 4.78 is 0. The average molecular weight is 334 g/mol. The van der Waals surface area contributed by atoms with Crippen molar-refractivity contribution in [2.75, 3.05) is 19.6 Å². The molecule has 0 radical (unpaired) electrons. The third-order valence-electron chi connectivity index (χ3n) is 4.09. The molecule has 0 aromatic heterocycles. The summed E-state index contributed by atoms with van der Waals surface area (Å²) >= 11 is 5.44. The molecule has 1 saturated heterocycles. The molecule has 1 aromatic carbocycles. The van der Waals surface area contributed by atoms with Crippen LogP contribution in [0, 0.1) is 12.8 Å². The van der Waals surface area contributed by atoms with E-state index in [1.807, 2.05) is 31.2 Å². The van der Waals surface area contributed by atoms with Gasteiger partial charge in [0, 0.05) is 31.2 Å². The number of benzene rings is 1. The van der Waals surface area contributed by atoms with E-state index in [1.54, 1.807) is 0 Å².